The van der Waals surface area contributed by atoms with E-state index in [1.54, 1.807) is 11.4 Å². The summed E-state index contributed by atoms with van der Waals surface area (Å²) in [6.45, 7) is 1.29. The van der Waals surface area contributed by atoms with Crippen LogP contribution in [0, 0.1) is 0 Å². The zero-order valence-electron chi connectivity index (χ0n) is 12.1. The second kappa shape index (κ2) is 7.67. The number of carbonyl (C=O) groups is 1. The van der Waals surface area contributed by atoms with Crippen molar-refractivity contribution in [2.24, 2.45) is 0 Å². The van der Waals surface area contributed by atoms with E-state index in [4.69, 9.17) is 0 Å². The molecule has 1 unspecified atom stereocenters. The highest BCUT2D eigenvalue weighted by Crippen LogP contribution is 2.27. The van der Waals surface area contributed by atoms with Gasteiger partial charge in [-0.25, -0.2) is 0 Å². The van der Waals surface area contributed by atoms with Crippen LogP contribution in [0.15, 0.2) is 16.3 Å². The van der Waals surface area contributed by atoms with Crippen LogP contribution in [-0.4, -0.2) is 62.0 Å². The molecule has 0 radical (unpaired) electrons. The molecule has 1 aliphatic rings. The van der Waals surface area contributed by atoms with Crippen molar-refractivity contribution in [3.63, 3.8) is 0 Å². The minimum Gasteiger partial charge on any atom is -0.349 e. The summed E-state index contributed by atoms with van der Waals surface area (Å²) >= 11 is 2.65. The zero-order chi connectivity index (χ0) is 16.2. The molecule has 124 valence electrons. The molecule has 1 saturated heterocycles. The lowest BCUT2D eigenvalue weighted by molar-refractivity contribution is -0.183. The largest absolute Gasteiger partial charge is 0.405 e. The van der Waals surface area contributed by atoms with Gasteiger partial charge in [0.2, 0.25) is 0 Å². The Bertz CT molecular complexity index is 501. The molecule has 4 nitrogen and oxygen atoms in total. The van der Waals surface area contributed by atoms with E-state index in [0.717, 1.165) is 4.90 Å². The van der Waals surface area contributed by atoms with Crippen molar-refractivity contribution in [2.75, 3.05) is 39.0 Å². The molecule has 0 aliphatic carbocycles. The van der Waals surface area contributed by atoms with Crippen molar-refractivity contribution in [1.82, 2.24) is 15.5 Å². The van der Waals surface area contributed by atoms with Gasteiger partial charge in [0.1, 0.15) is 10.9 Å². The number of nitrogens with zero attached hydrogens (tertiary/aromatic N) is 1. The molecule has 1 aromatic rings. The Kier molecular flexibility index (Phi) is 6.13. The summed E-state index contributed by atoms with van der Waals surface area (Å²) in [5, 5.41) is 7.23. The van der Waals surface area contributed by atoms with Crippen LogP contribution in [-0.2, 0) is 0 Å². The number of rotatable bonds is 5. The second-order valence-electron chi connectivity index (χ2n) is 4.87. The molecule has 0 bridgehead atoms. The summed E-state index contributed by atoms with van der Waals surface area (Å²) in [4.78, 5) is 14.7. The smallest absolute Gasteiger partial charge is 0.349 e. The van der Waals surface area contributed by atoms with Crippen molar-refractivity contribution in [1.29, 1.82) is 0 Å². The predicted molar refractivity (Wildman–Crippen MR) is 82.7 cm³/mol. The maximum absolute atomic E-state index is 13.2. The van der Waals surface area contributed by atoms with Crippen LogP contribution in [0.1, 0.15) is 9.67 Å². The molecular formula is C13H18F3N3OS2. The molecule has 22 heavy (non-hydrogen) atoms. The fourth-order valence-electron chi connectivity index (χ4n) is 2.34. The first-order valence-electron chi connectivity index (χ1n) is 6.84. The molecular weight excluding hydrogens is 335 g/mol. The molecule has 0 saturated carbocycles. The summed E-state index contributed by atoms with van der Waals surface area (Å²) in [7, 11) is 0. The Hall–Kier alpha value is -0.770. The highest BCUT2D eigenvalue weighted by atomic mass is 32.2. The van der Waals surface area contributed by atoms with Crippen LogP contribution in [0.25, 0.3) is 0 Å². The van der Waals surface area contributed by atoms with Crippen LogP contribution in [0.2, 0.25) is 0 Å². The third-order valence-corrected chi connectivity index (χ3v) is 5.30. The SMILES string of the molecule is CSc1ccsc1C(=O)NCC(N1CCNCC1)C(F)(F)F. The van der Waals surface area contributed by atoms with Gasteiger partial charge in [-0.1, -0.05) is 0 Å². The molecule has 9 heteroatoms. The summed E-state index contributed by atoms with van der Waals surface area (Å²) in [5.74, 6) is -0.441. The maximum atomic E-state index is 13.2. The second-order valence-corrected chi connectivity index (χ2v) is 6.64. The lowest BCUT2D eigenvalue weighted by Gasteiger charge is -2.35. The molecule has 1 fully saturated rings. The Labute approximate surface area is 135 Å². The van der Waals surface area contributed by atoms with E-state index in [1.807, 2.05) is 6.26 Å². The quantitative estimate of drug-likeness (QED) is 0.795. The number of piperazine rings is 1. The van der Waals surface area contributed by atoms with Crippen LogP contribution in [0.5, 0.6) is 0 Å². The normalized spacial score (nSPS) is 18.2. The van der Waals surface area contributed by atoms with Gasteiger partial charge >= 0.3 is 6.18 Å². The monoisotopic (exact) mass is 353 g/mol. The van der Waals surface area contributed by atoms with Gasteiger partial charge < -0.3 is 10.6 Å². The highest BCUT2D eigenvalue weighted by molar-refractivity contribution is 7.98. The molecule has 2 N–H and O–H groups in total. The summed E-state index contributed by atoms with van der Waals surface area (Å²) in [6.07, 6.45) is -2.53. The number of amides is 1. The van der Waals surface area contributed by atoms with Crippen LogP contribution in [0.4, 0.5) is 13.2 Å². The van der Waals surface area contributed by atoms with Gasteiger partial charge in [-0.2, -0.15) is 13.2 Å². The standard InChI is InChI=1S/C13H18F3N3OS2/c1-21-9-2-7-22-11(9)12(20)18-8-10(13(14,15)16)19-5-3-17-4-6-19/h2,7,10,17H,3-6,8H2,1H3,(H,18,20). The number of hydrogen-bond acceptors (Lipinski definition) is 5. The molecule has 0 aromatic carbocycles. The molecule has 1 atom stereocenters. The van der Waals surface area contributed by atoms with E-state index < -0.39 is 24.7 Å². The Morgan fingerprint density at radius 1 is 1.50 bits per heavy atom. The van der Waals surface area contributed by atoms with Gasteiger partial charge in [0.15, 0.2) is 0 Å². The Balaban J connectivity index is 2.00. The number of carbonyl (C=O) groups excluding carboxylic acids is 1. The van der Waals surface area contributed by atoms with Crippen molar-refractivity contribution in [3.05, 3.63) is 16.3 Å². The van der Waals surface area contributed by atoms with Gasteiger partial charge in [-0.05, 0) is 17.7 Å². The van der Waals surface area contributed by atoms with Gasteiger partial charge in [0.05, 0.1) is 0 Å². The Morgan fingerprint density at radius 3 is 2.77 bits per heavy atom. The van der Waals surface area contributed by atoms with E-state index in [0.29, 0.717) is 31.1 Å². The van der Waals surface area contributed by atoms with Crippen molar-refractivity contribution in [3.8, 4) is 0 Å². The van der Waals surface area contributed by atoms with E-state index in [-0.39, 0.29) is 0 Å². The lowest BCUT2D eigenvalue weighted by Crippen LogP contribution is -2.57. The van der Waals surface area contributed by atoms with E-state index in [1.165, 1.54) is 28.0 Å². The minimum atomic E-state index is -4.36. The summed E-state index contributed by atoms with van der Waals surface area (Å²) in [5.41, 5.74) is 0. The van der Waals surface area contributed by atoms with Gasteiger partial charge in [-0.3, -0.25) is 9.69 Å². The maximum Gasteiger partial charge on any atom is 0.405 e. The van der Waals surface area contributed by atoms with Gasteiger partial charge in [0.25, 0.3) is 5.91 Å². The summed E-state index contributed by atoms with van der Waals surface area (Å²) < 4.78 is 39.7. The summed E-state index contributed by atoms with van der Waals surface area (Å²) in [6, 6.07) is 0.151. The van der Waals surface area contributed by atoms with Gasteiger partial charge in [-0.15, -0.1) is 23.1 Å². The molecule has 0 spiro atoms. The predicted octanol–water partition coefficient (Wildman–Crippen LogP) is 2.04. The average molecular weight is 353 g/mol. The van der Waals surface area contributed by atoms with E-state index >= 15 is 0 Å². The number of thioether (sulfide) groups is 1. The fraction of sp³-hybridized carbons (Fsp3) is 0.615. The lowest BCUT2D eigenvalue weighted by atomic mass is 10.2. The number of thiophene rings is 1. The average Bonchev–Trinajstić information content (AvgIpc) is 2.95. The number of halogens is 3. The highest BCUT2D eigenvalue weighted by Gasteiger charge is 2.43. The van der Waals surface area contributed by atoms with E-state index in [9.17, 15) is 18.0 Å². The van der Waals surface area contributed by atoms with Gasteiger partial charge in [0, 0.05) is 37.6 Å². The first-order chi connectivity index (χ1) is 10.4. The first kappa shape index (κ1) is 17.6. The number of nitrogens with one attached hydrogen (secondary N) is 2. The van der Waals surface area contributed by atoms with E-state index in [2.05, 4.69) is 10.6 Å². The number of alkyl halides is 3. The van der Waals surface area contributed by atoms with Crippen LogP contribution < -0.4 is 10.6 Å². The minimum absolute atomic E-state index is 0.328. The molecule has 1 amide bonds. The van der Waals surface area contributed by atoms with Crippen LogP contribution >= 0.6 is 23.1 Å². The van der Waals surface area contributed by atoms with Crippen molar-refractivity contribution < 1.29 is 18.0 Å². The topological polar surface area (TPSA) is 44.4 Å². The van der Waals surface area contributed by atoms with Crippen LogP contribution in [0.3, 0.4) is 0 Å². The fourth-order valence-corrected chi connectivity index (χ4v) is 4.01. The third kappa shape index (κ3) is 4.37. The number of hydrogen-bond donors (Lipinski definition) is 2. The molecule has 1 aromatic heterocycles. The Morgan fingerprint density at radius 2 is 2.18 bits per heavy atom. The van der Waals surface area contributed by atoms with Crippen molar-refractivity contribution in [2.45, 2.75) is 17.1 Å². The molecule has 2 rings (SSSR count). The zero-order valence-corrected chi connectivity index (χ0v) is 13.7. The molecule has 2 heterocycles. The third-order valence-electron chi connectivity index (χ3n) is 3.48. The molecule has 1 aliphatic heterocycles. The van der Waals surface area contributed by atoms with Crippen molar-refractivity contribution >= 4 is 29.0 Å². The first-order valence-corrected chi connectivity index (χ1v) is 8.95.